The van der Waals surface area contributed by atoms with Crippen molar-refractivity contribution in [2.75, 3.05) is 19.6 Å². The van der Waals surface area contributed by atoms with E-state index in [2.05, 4.69) is 10.4 Å². The molecule has 0 radical (unpaired) electrons. The van der Waals surface area contributed by atoms with Crippen LogP contribution < -0.4 is 5.32 Å². The Labute approximate surface area is 114 Å². The molecule has 1 aliphatic heterocycles. The van der Waals surface area contributed by atoms with Crippen molar-refractivity contribution >= 4 is 5.91 Å². The normalized spacial score (nSPS) is 20.7. The minimum absolute atomic E-state index is 0.185. The Balaban J connectivity index is 1.40. The van der Waals surface area contributed by atoms with Gasteiger partial charge in [0.15, 0.2) is 0 Å². The second-order valence-electron chi connectivity index (χ2n) is 5.71. The van der Waals surface area contributed by atoms with E-state index in [4.69, 9.17) is 0 Å². The van der Waals surface area contributed by atoms with E-state index in [0.29, 0.717) is 12.6 Å². The molecule has 104 valence electrons. The molecule has 1 N–H and O–H groups in total. The number of likely N-dealkylation sites (tertiary alicyclic amines) is 1. The van der Waals surface area contributed by atoms with Gasteiger partial charge in [0.05, 0.1) is 0 Å². The third-order valence-corrected chi connectivity index (χ3v) is 4.10. The lowest BCUT2D eigenvalue weighted by molar-refractivity contribution is -0.133. The number of aromatic nitrogens is 2. The van der Waals surface area contributed by atoms with Gasteiger partial charge in [-0.3, -0.25) is 9.48 Å². The first kappa shape index (κ1) is 12.7. The van der Waals surface area contributed by atoms with Gasteiger partial charge in [0, 0.05) is 31.5 Å². The fourth-order valence-corrected chi connectivity index (χ4v) is 2.62. The van der Waals surface area contributed by atoms with Gasteiger partial charge in [0.1, 0.15) is 6.54 Å². The van der Waals surface area contributed by atoms with Gasteiger partial charge in [0.2, 0.25) is 5.91 Å². The van der Waals surface area contributed by atoms with Gasteiger partial charge in [-0.2, -0.15) is 5.10 Å². The number of nitrogens with zero attached hydrogens (tertiary/aromatic N) is 3. The van der Waals surface area contributed by atoms with Gasteiger partial charge < -0.3 is 10.2 Å². The summed E-state index contributed by atoms with van der Waals surface area (Å²) in [4.78, 5) is 14.1. The number of hydrogen-bond acceptors (Lipinski definition) is 3. The van der Waals surface area contributed by atoms with Crippen LogP contribution >= 0.6 is 0 Å². The van der Waals surface area contributed by atoms with Crippen LogP contribution in [0.25, 0.3) is 0 Å². The number of carbonyl (C=O) groups excluding carboxylic acids is 1. The van der Waals surface area contributed by atoms with Crippen LogP contribution in [0.3, 0.4) is 0 Å². The molecule has 0 unspecified atom stereocenters. The van der Waals surface area contributed by atoms with Crippen LogP contribution in [0.1, 0.15) is 25.7 Å². The summed E-state index contributed by atoms with van der Waals surface area (Å²) in [7, 11) is 0. The van der Waals surface area contributed by atoms with Gasteiger partial charge >= 0.3 is 0 Å². The maximum absolute atomic E-state index is 12.1. The molecule has 5 nitrogen and oxygen atoms in total. The summed E-state index contributed by atoms with van der Waals surface area (Å²) in [5.74, 6) is 1.11. The zero-order valence-corrected chi connectivity index (χ0v) is 11.3. The molecule has 0 aromatic carbocycles. The smallest absolute Gasteiger partial charge is 0.244 e. The predicted octanol–water partition coefficient (Wildman–Crippen LogP) is 0.874. The molecule has 19 heavy (non-hydrogen) atoms. The number of piperidine rings is 1. The molecule has 3 rings (SSSR count). The van der Waals surface area contributed by atoms with Gasteiger partial charge in [-0.1, -0.05) is 0 Å². The lowest BCUT2D eigenvalue weighted by Crippen LogP contribution is -2.46. The Hall–Kier alpha value is -1.36. The molecule has 1 aromatic heterocycles. The van der Waals surface area contributed by atoms with Gasteiger partial charge in [-0.15, -0.1) is 0 Å². The van der Waals surface area contributed by atoms with E-state index in [1.54, 1.807) is 10.9 Å². The first-order valence-electron chi connectivity index (χ1n) is 7.30. The first-order valence-corrected chi connectivity index (χ1v) is 7.30. The number of hydrogen-bond donors (Lipinski definition) is 1. The zero-order valence-electron chi connectivity index (χ0n) is 11.3. The Morgan fingerprint density at radius 1 is 1.26 bits per heavy atom. The average molecular weight is 262 g/mol. The standard InChI is InChI=1S/C14H22N4O/c19-14(11-18-7-1-6-16-18)17-8-4-13(5-9-17)15-10-12-2-3-12/h1,6-7,12-13,15H,2-5,8-11H2. The topological polar surface area (TPSA) is 50.2 Å². The average Bonchev–Trinajstić information content (AvgIpc) is 3.13. The summed E-state index contributed by atoms with van der Waals surface area (Å²) in [6, 6.07) is 2.45. The molecule has 1 aliphatic carbocycles. The summed E-state index contributed by atoms with van der Waals surface area (Å²) in [6.45, 7) is 3.30. The largest absolute Gasteiger partial charge is 0.341 e. The van der Waals surface area contributed by atoms with Crippen molar-refractivity contribution in [2.45, 2.75) is 38.3 Å². The monoisotopic (exact) mass is 262 g/mol. The van der Waals surface area contributed by atoms with Gasteiger partial charge in [-0.25, -0.2) is 0 Å². The molecule has 2 heterocycles. The molecule has 2 fully saturated rings. The molecule has 2 aliphatic rings. The third-order valence-electron chi connectivity index (χ3n) is 4.10. The van der Waals surface area contributed by atoms with Gasteiger partial charge in [0.25, 0.3) is 0 Å². The van der Waals surface area contributed by atoms with Crippen LogP contribution in [0.5, 0.6) is 0 Å². The fourth-order valence-electron chi connectivity index (χ4n) is 2.62. The Bertz CT molecular complexity index is 405. The molecule has 1 aromatic rings. The van der Waals surface area contributed by atoms with E-state index < -0.39 is 0 Å². The molecule has 5 heteroatoms. The van der Waals surface area contributed by atoms with Crippen LogP contribution in [0.4, 0.5) is 0 Å². The molecule has 0 atom stereocenters. The highest BCUT2D eigenvalue weighted by Gasteiger charge is 2.25. The summed E-state index contributed by atoms with van der Waals surface area (Å²) in [5, 5.41) is 7.71. The highest BCUT2D eigenvalue weighted by Crippen LogP contribution is 2.28. The Morgan fingerprint density at radius 2 is 2.05 bits per heavy atom. The quantitative estimate of drug-likeness (QED) is 0.857. The van der Waals surface area contributed by atoms with Crippen molar-refractivity contribution in [1.29, 1.82) is 0 Å². The van der Waals surface area contributed by atoms with E-state index in [1.165, 1.54) is 19.4 Å². The minimum Gasteiger partial charge on any atom is -0.341 e. The molecule has 1 amide bonds. The van der Waals surface area contributed by atoms with Crippen LogP contribution in [-0.4, -0.2) is 46.3 Å². The lowest BCUT2D eigenvalue weighted by atomic mass is 10.0. The predicted molar refractivity (Wildman–Crippen MR) is 72.6 cm³/mol. The summed E-state index contributed by atoms with van der Waals surface area (Å²) >= 11 is 0. The van der Waals surface area contributed by atoms with E-state index >= 15 is 0 Å². The van der Waals surface area contributed by atoms with E-state index in [0.717, 1.165) is 31.8 Å². The number of rotatable bonds is 5. The molecule has 1 saturated heterocycles. The number of amides is 1. The van der Waals surface area contributed by atoms with Gasteiger partial charge in [-0.05, 0) is 44.2 Å². The van der Waals surface area contributed by atoms with Crippen LogP contribution in [0, 0.1) is 5.92 Å². The Morgan fingerprint density at radius 3 is 2.68 bits per heavy atom. The van der Waals surface area contributed by atoms with Crippen molar-refractivity contribution in [3.8, 4) is 0 Å². The van der Waals surface area contributed by atoms with Crippen LogP contribution in [-0.2, 0) is 11.3 Å². The van der Waals surface area contributed by atoms with Crippen LogP contribution in [0.2, 0.25) is 0 Å². The summed E-state index contributed by atoms with van der Waals surface area (Å²) in [5.41, 5.74) is 0. The number of nitrogens with one attached hydrogen (secondary N) is 1. The van der Waals surface area contributed by atoms with E-state index in [1.807, 2.05) is 17.2 Å². The maximum atomic E-state index is 12.1. The SMILES string of the molecule is O=C(Cn1cccn1)N1CCC(NCC2CC2)CC1. The second kappa shape index (κ2) is 5.74. The van der Waals surface area contributed by atoms with Crippen molar-refractivity contribution in [2.24, 2.45) is 5.92 Å². The van der Waals surface area contributed by atoms with Crippen molar-refractivity contribution in [3.05, 3.63) is 18.5 Å². The lowest BCUT2D eigenvalue weighted by Gasteiger charge is -2.32. The van der Waals surface area contributed by atoms with E-state index in [-0.39, 0.29) is 5.91 Å². The van der Waals surface area contributed by atoms with Crippen molar-refractivity contribution in [1.82, 2.24) is 20.0 Å². The second-order valence-corrected chi connectivity index (χ2v) is 5.71. The van der Waals surface area contributed by atoms with E-state index in [9.17, 15) is 4.79 Å². The highest BCUT2D eigenvalue weighted by atomic mass is 16.2. The van der Waals surface area contributed by atoms with Crippen molar-refractivity contribution < 1.29 is 4.79 Å². The van der Waals surface area contributed by atoms with Crippen molar-refractivity contribution in [3.63, 3.8) is 0 Å². The molecule has 1 saturated carbocycles. The highest BCUT2D eigenvalue weighted by molar-refractivity contribution is 5.76. The number of carbonyl (C=O) groups is 1. The maximum Gasteiger partial charge on any atom is 0.244 e. The molecular formula is C14H22N4O. The first-order chi connectivity index (χ1) is 9.31. The minimum atomic E-state index is 0.185. The molecule has 0 bridgehead atoms. The zero-order chi connectivity index (χ0) is 13.1. The molecular weight excluding hydrogens is 240 g/mol. The van der Waals surface area contributed by atoms with Crippen LogP contribution in [0.15, 0.2) is 18.5 Å². The summed E-state index contributed by atoms with van der Waals surface area (Å²) in [6.07, 6.45) is 8.50. The third kappa shape index (κ3) is 3.56. The molecule has 0 spiro atoms. The summed E-state index contributed by atoms with van der Waals surface area (Å²) < 4.78 is 1.69. The fraction of sp³-hybridized carbons (Fsp3) is 0.714. The Kier molecular flexibility index (Phi) is 3.82.